The molecule has 0 aliphatic rings. The summed E-state index contributed by atoms with van der Waals surface area (Å²) in [5.41, 5.74) is 3.28. The van der Waals surface area contributed by atoms with E-state index in [1.807, 2.05) is 37.6 Å². The van der Waals surface area contributed by atoms with E-state index in [2.05, 4.69) is 21.8 Å². The van der Waals surface area contributed by atoms with Gasteiger partial charge in [0.1, 0.15) is 0 Å². The smallest absolute Gasteiger partial charge is 0.0948 e. The molecule has 0 spiro atoms. The maximum Gasteiger partial charge on any atom is 0.0948 e. The molecule has 0 radical (unpaired) electrons. The van der Waals surface area contributed by atoms with Crippen LogP contribution < -0.4 is 5.32 Å². The zero-order valence-corrected chi connectivity index (χ0v) is 10.8. The molecular weight excluding hydrogens is 234 g/mol. The molecule has 3 nitrogen and oxygen atoms in total. The minimum Gasteiger partial charge on any atom is -0.378 e. The first-order chi connectivity index (χ1) is 8.20. The van der Waals surface area contributed by atoms with Crippen molar-refractivity contribution < 1.29 is 0 Å². The summed E-state index contributed by atoms with van der Waals surface area (Å²) in [6.07, 6.45) is 3.71. The van der Waals surface area contributed by atoms with Crippen LogP contribution >= 0.6 is 11.6 Å². The molecule has 0 unspecified atom stereocenters. The van der Waals surface area contributed by atoms with Gasteiger partial charge in [0.15, 0.2) is 0 Å². The summed E-state index contributed by atoms with van der Waals surface area (Å²) in [6, 6.07) is 6.01. The van der Waals surface area contributed by atoms with Crippen LogP contribution in [0.3, 0.4) is 0 Å². The molecule has 0 saturated carbocycles. The van der Waals surface area contributed by atoms with Crippen molar-refractivity contribution in [3.8, 4) is 0 Å². The van der Waals surface area contributed by atoms with Gasteiger partial charge in [-0.05, 0) is 31.5 Å². The van der Waals surface area contributed by atoms with Crippen molar-refractivity contribution in [1.29, 1.82) is 0 Å². The van der Waals surface area contributed by atoms with E-state index in [4.69, 9.17) is 11.6 Å². The number of benzene rings is 1. The molecule has 90 valence electrons. The van der Waals surface area contributed by atoms with Gasteiger partial charge in [0.05, 0.1) is 29.3 Å². The first kappa shape index (κ1) is 12.0. The molecule has 1 aromatic heterocycles. The second kappa shape index (κ2) is 5.23. The maximum atomic E-state index is 6.16. The van der Waals surface area contributed by atoms with Gasteiger partial charge >= 0.3 is 0 Å². The summed E-state index contributed by atoms with van der Waals surface area (Å²) < 4.78 is 2.11. The van der Waals surface area contributed by atoms with E-state index in [1.54, 1.807) is 0 Å². The molecule has 4 heteroatoms. The van der Waals surface area contributed by atoms with E-state index < -0.39 is 0 Å². The van der Waals surface area contributed by atoms with Crippen molar-refractivity contribution in [3.63, 3.8) is 0 Å². The minimum absolute atomic E-state index is 0.733. The summed E-state index contributed by atoms with van der Waals surface area (Å²) in [7, 11) is 0. The molecule has 0 amide bonds. The van der Waals surface area contributed by atoms with Crippen LogP contribution in [-0.2, 0) is 13.1 Å². The number of anilines is 1. The molecule has 1 N–H and O–H groups in total. The Morgan fingerprint density at radius 2 is 2.24 bits per heavy atom. The van der Waals surface area contributed by atoms with Crippen LogP contribution in [0.5, 0.6) is 0 Å². The largest absolute Gasteiger partial charge is 0.378 e. The lowest BCUT2D eigenvalue weighted by molar-refractivity contribution is 0.719. The average molecular weight is 250 g/mol. The van der Waals surface area contributed by atoms with Gasteiger partial charge in [0.25, 0.3) is 0 Å². The van der Waals surface area contributed by atoms with Crippen molar-refractivity contribution in [2.75, 3.05) is 5.32 Å². The molecule has 0 atom stereocenters. The quantitative estimate of drug-likeness (QED) is 0.899. The van der Waals surface area contributed by atoms with Crippen LogP contribution in [0.1, 0.15) is 18.2 Å². The number of nitrogens with one attached hydrogen (secondary N) is 1. The Kier molecular flexibility index (Phi) is 3.69. The molecule has 0 aliphatic heterocycles. The second-order valence-electron chi connectivity index (χ2n) is 4.01. The van der Waals surface area contributed by atoms with Crippen LogP contribution in [0.2, 0.25) is 5.02 Å². The zero-order chi connectivity index (χ0) is 12.3. The summed E-state index contributed by atoms with van der Waals surface area (Å²) in [4.78, 5) is 4.13. The monoisotopic (exact) mass is 249 g/mol. The van der Waals surface area contributed by atoms with Crippen molar-refractivity contribution in [1.82, 2.24) is 9.55 Å². The van der Waals surface area contributed by atoms with Crippen LogP contribution in [-0.4, -0.2) is 9.55 Å². The van der Waals surface area contributed by atoms with Gasteiger partial charge in [0.2, 0.25) is 0 Å². The topological polar surface area (TPSA) is 29.9 Å². The first-order valence-electron chi connectivity index (χ1n) is 5.69. The molecule has 0 bridgehead atoms. The molecule has 2 aromatic rings. The standard InChI is InChI=1S/C13H16ClN3/c1-3-17-9-15-7-11(17)8-16-13-5-4-10(2)6-12(13)14/h4-7,9,16H,3,8H2,1-2H3. The number of rotatable bonds is 4. The third kappa shape index (κ3) is 2.80. The Morgan fingerprint density at radius 3 is 2.94 bits per heavy atom. The number of imidazole rings is 1. The van der Waals surface area contributed by atoms with Gasteiger partial charge in [-0.1, -0.05) is 17.7 Å². The summed E-state index contributed by atoms with van der Waals surface area (Å²) in [6.45, 7) is 5.79. The maximum absolute atomic E-state index is 6.16. The van der Waals surface area contributed by atoms with Crippen molar-refractivity contribution in [2.45, 2.75) is 26.9 Å². The van der Waals surface area contributed by atoms with Crippen LogP contribution in [0.4, 0.5) is 5.69 Å². The van der Waals surface area contributed by atoms with E-state index in [1.165, 1.54) is 5.56 Å². The number of aryl methyl sites for hydroxylation is 2. The van der Waals surface area contributed by atoms with Crippen LogP contribution in [0.15, 0.2) is 30.7 Å². The fourth-order valence-electron chi connectivity index (χ4n) is 1.73. The number of aromatic nitrogens is 2. The predicted octanol–water partition coefficient (Wildman–Crippen LogP) is 3.48. The van der Waals surface area contributed by atoms with Gasteiger partial charge in [-0.3, -0.25) is 0 Å². The van der Waals surface area contributed by atoms with E-state index in [0.717, 1.165) is 29.5 Å². The average Bonchev–Trinajstić information content (AvgIpc) is 2.75. The molecular formula is C13H16ClN3. The summed E-state index contributed by atoms with van der Waals surface area (Å²) in [5, 5.41) is 4.08. The molecule has 1 heterocycles. The molecule has 0 saturated heterocycles. The number of halogens is 1. The lowest BCUT2D eigenvalue weighted by Crippen LogP contribution is -2.06. The highest BCUT2D eigenvalue weighted by atomic mass is 35.5. The molecule has 0 fully saturated rings. The van der Waals surface area contributed by atoms with Gasteiger partial charge in [-0.2, -0.15) is 0 Å². The molecule has 2 rings (SSSR count). The summed E-state index contributed by atoms with van der Waals surface area (Å²) in [5.74, 6) is 0. The minimum atomic E-state index is 0.733. The Labute approximate surface area is 106 Å². The van der Waals surface area contributed by atoms with Gasteiger partial charge in [0, 0.05) is 12.7 Å². The van der Waals surface area contributed by atoms with E-state index in [9.17, 15) is 0 Å². The molecule has 1 aromatic carbocycles. The normalized spacial score (nSPS) is 10.5. The Morgan fingerprint density at radius 1 is 1.41 bits per heavy atom. The second-order valence-corrected chi connectivity index (χ2v) is 4.42. The number of hydrogen-bond donors (Lipinski definition) is 1. The van der Waals surface area contributed by atoms with Gasteiger partial charge in [-0.15, -0.1) is 0 Å². The van der Waals surface area contributed by atoms with Gasteiger partial charge < -0.3 is 9.88 Å². The lowest BCUT2D eigenvalue weighted by atomic mass is 10.2. The highest BCUT2D eigenvalue weighted by Gasteiger charge is 2.03. The highest BCUT2D eigenvalue weighted by molar-refractivity contribution is 6.33. The fourth-order valence-corrected chi connectivity index (χ4v) is 2.03. The van der Waals surface area contributed by atoms with Crippen molar-refractivity contribution in [2.24, 2.45) is 0 Å². The van der Waals surface area contributed by atoms with Crippen molar-refractivity contribution in [3.05, 3.63) is 47.0 Å². The van der Waals surface area contributed by atoms with Crippen molar-refractivity contribution >= 4 is 17.3 Å². The lowest BCUT2D eigenvalue weighted by Gasteiger charge is -2.10. The highest BCUT2D eigenvalue weighted by Crippen LogP contribution is 2.23. The third-order valence-electron chi connectivity index (χ3n) is 2.72. The van der Waals surface area contributed by atoms with E-state index in [0.29, 0.717) is 0 Å². The molecule has 0 aliphatic carbocycles. The van der Waals surface area contributed by atoms with Gasteiger partial charge in [-0.25, -0.2) is 4.98 Å². The van der Waals surface area contributed by atoms with Crippen LogP contribution in [0, 0.1) is 6.92 Å². The summed E-state index contributed by atoms with van der Waals surface area (Å²) >= 11 is 6.16. The van der Waals surface area contributed by atoms with Crippen LogP contribution in [0.25, 0.3) is 0 Å². The SMILES string of the molecule is CCn1cncc1CNc1ccc(C)cc1Cl. The zero-order valence-electron chi connectivity index (χ0n) is 10.1. The predicted molar refractivity (Wildman–Crippen MR) is 71.4 cm³/mol. The third-order valence-corrected chi connectivity index (χ3v) is 3.04. The van der Waals surface area contributed by atoms with E-state index >= 15 is 0 Å². The number of hydrogen-bond acceptors (Lipinski definition) is 2. The fraction of sp³-hybridized carbons (Fsp3) is 0.308. The Hall–Kier alpha value is -1.48. The number of nitrogens with zero attached hydrogens (tertiary/aromatic N) is 2. The Bertz CT molecular complexity index is 505. The Balaban J connectivity index is 2.07. The molecule has 17 heavy (non-hydrogen) atoms. The first-order valence-corrected chi connectivity index (χ1v) is 6.07. The van der Waals surface area contributed by atoms with E-state index in [-0.39, 0.29) is 0 Å².